The molecule has 7 heteroatoms. The van der Waals surface area contributed by atoms with E-state index in [0.717, 1.165) is 9.75 Å². The lowest BCUT2D eigenvalue weighted by molar-refractivity contribution is -0.117. The van der Waals surface area contributed by atoms with Crippen LogP contribution in [0.2, 0.25) is 0 Å². The van der Waals surface area contributed by atoms with Crippen LogP contribution in [0, 0.1) is 0 Å². The van der Waals surface area contributed by atoms with Gasteiger partial charge >= 0.3 is 0 Å². The monoisotopic (exact) mass is 381 g/mol. The Labute approximate surface area is 158 Å². The van der Waals surface area contributed by atoms with Gasteiger partial charge in [-0.05, 0) is 41.1 Å². The summed E-state index contributed by atoms with van der Waals surface area (Å²) in [5.41, 5.74) is 3.05. The molecule has 0 saturated heterocycles. The number of rotatable bonds is 6. The SMILES string of the molecule is O=C(N/N=C\c1cccs1)/C(=C\c1cccs1)NC(=O)c1ccccc1. The summed E-state index contributed by atoms with van der Waals surface area (Å²) in [7, 11) is 0. The molecule has 2 N–H and O–H groups in total. The quantitative estimate of drug-likeness (QED) is 0.388. The molecule has 26 heavy (non-hydrogen) atoms. The van der Waals surface area contributed by atoms with E-state index in [0.29, 0.717) is 5.56 Å². The highest BCUT2D eigenvalue weighted by Crippen LogP contribution is 2.13. The van der Waals surface area contributed by atoms with Crippen molar-refractivity contribution in [2.45, 2.75) is 0 Å². The number of hydrogen-bond donors (Lipinski definition) is 2. The lowest BCUT2D eigenvalue weighted by atomic mass is 10.2. The maximum absolute atomic E-state index is 12.5. The van der Waals surface area contributed by atoms with E-state index >= 15 is 0 Å². The number of thiophene rings is 2. The molecule has 3 rings (SSSR count). The minimum Gasteiger partial charge on any atom is -0.317 e. The molecule has 3 aromatic rings. The Balaban J connectivity index is 1.75. The maximum atomic E-state index is 12.5. The summed E-state index contributed by atoms with van der Waals surface area (Å²) in [4.78, 5) is 26.6. The summed E-state index contributed by atoms with van der Waals surface area (Å²) in [5.74, 6) is -0.846. The van der Waals surface area contributed by atoms with E-state index in [1.54, 1.807) is 36.6 Å². The molecule has 130 valence electrons. The Morgan fingerprint density at radius 1 is 0.885 bits per heavy atom. The Bertz CT molecular complexity index is 915. The van der Waals surface area contributed by atoms with Gasteiger partial charge in [-0.3, -0.25) is 9.59 Å². The van der Waals surface area contributed by atoms with Crippen molar-refractivity contribution in [1.82, 2.24) is 10.7 Å². The minimum absolute atomic E-state index is 0.129. The van der Waals surface area contributed by atoms with Gasteiger partial charge in [0.15, 0.2) is 0 Å². The van der Waals surface area contributed by atoms with Crippen molar-refractivity contribution in [1.29, 1.82) is 0 Å². The van der Waals surface area contributed by atoms with Gasteiger partial charge in [0, 0.05) is 15.3 Å². The molecule has 2 aromatic heterocycles. The van der Waals surface area contributed by atoms with Crippen molar-refractivity contribution in [2.75, 3.05) is 0 Å². The molecule has 1 aromatic carbocycles. The molecule has 5 nitrogen and oxygen atoms in total. The largest absolute Gasteiger partial charge is 0.317 e. The number of nitrogens with zero attached hydrogens (tertiary/aromatic N) is 1. The predicted molar refractivity (Wildman–Crippen MR) is 106 cm³/mol. The number of hydrazone groups is 1. The minimum atomic E-state index is -0.490. The predicted octanol–water partition coefficient (Wildman–Crippen LogP) is 3.73. The summed E-state index contributed by atoms with van der Waals surface area (Å²) in [6.07, 6.45) is 3.19. The highest BCUT2D eigenvalue weighted by atomic mass is 32.1. The number of hydrogen-bond acceptors (Lipinski definition) is 5. The first kappa shape index (κ1) is 17.8. The van der Waals surface area contributed by atoms with E-state index in [2.05, 4.69) is 15.8 Å². The van der Waals surface area contributed by atoms with E-state index in [4.69, 9.17) is 0 Å². The molecule has 2 amide bonds. The third-order valence-electron chi connectivity index (χ3n) is 3.26. The molecule has 0 unspecified atom stereocenters. The standard InChI is InChI=1S/C19H15N3O2S2/c23-18(14-6-2-1-3-7-14)21-17(12-15-8-4-10-25-15)19(24)22-20-13-16-9-5-11-26-16/h1-13H,(H,21,23)(H,22,24)/b17-12+,20-13-. The molecular weight excluding hydrogens is 366 g/mol. The number of nitrogens with one attached hydrogen (secondary N) is 2. The highest BCUT2D eigenvalue weighted by Gasteiger charge is 2.14. The molecule has 0 radical (unpaired) electrons. The van der Waals surface area contributed by atoms with Gasteiger partial charge in [-0.15, -0.1) is 22.7 Å². The van der Waals surface area contributed by atoms with Crippen LogP contribution >= 0.6 is 22.7 Å². The van der Waals surface area contributed by atoms with Gasteiger partial charge in [-0.1, -0.05) is 30.3 Å². The number of benzene rings is 1. The normalized spacial score (nSPS) is 11.5. The first-order valence-corrected chi connectivity index (χ1v) is 9.47. The molecule has 0 aliphatic heterocycles. The zero-order valence-electron chi connectivity index (χ0n) is 13.6. The summed E-state index contributed by atoms with van der Waals surface area (Å²) in [6, 6.07) is 16.3. The van der Waals surface area contributed by atoms with E-state index < -0.39 is 5.91 Å². The summed E-state index contributed by atoms with van der Waals surface area (Å²) in [5, 5.41) is 10.4. The topological polar surface area (TPSA) is 70.6 Å². The second-order valence-electron chi connectivity index (χ2n) is 5.11. The van der Waals surface area contributed by atoms with E-state index in [1.165, 1.54) is 22.7 Å². The van der Waals surface area contributed by atoms with Crippen molar-refractivity contribution >= 4 is 46.8 Å². The van der Waals surface area contributed by atoms with Gasteiger partial charge in [0.25, 0.3) is 11.8 Å². The number of amides is 2. The lowest BCUT2D eigenvalue weighted by Crippen LogP contribution is -2.32. The van der Waals surface area contributed by atoms with Crippen LogP contribution in [-0.4, -0.2) is 18.0 Å². The second-order valence-corrected chi connectivity index (χ2v) is 7.07. The van der Waals surface area contributed by atoms with Crippen molar-refractivity contribution in [3.8, 4) is 0 Å². The first-order valence-electron chi connectivity index (χ1n) is 7.71. The van der Waals surface area contributed by atoms with E-state index in [1.807, 2.05) is 41.1 Å². The molecule has 2 heterocycles. The number of carbonyl (C=O) groups is 2. The van der Waals surface area contributed by atoms with Crippen LogP contribution in [0.5, 0.6) is 0 Å². The molecule has 0 saturated carbocycles. The Morgan fingerprint density at radius 2 is 1.58 bits per heavy atom. The smallest absolute Gasteiger partial charge is 0.287 e. The summed E-state index contributed by atoms with van der Waals surface area (Å²) < 4.78 is 0. The summed E-state index contributed by atoms with van der Waals surface area (Å²) >= 11 is 2.98. The van der Waals surface area contributed by atoms with Gasteiger partial charge in [-0.2, -0.15) is 5.10 Å². The third-order valence-corrected chi connectivity index (χ3v) is 4.89. The van der Waals surface area contributed by atoms with Crippen LogP contribution in [0.25, 0.3) is 6.08 Å². The maximum Gasteiger partial charge on any atom is 0.287 e. The summed E-state index contributed by atoms with van der Waals surface area (Å²) in [6.45, 7) is 0. The molecule has 0 aliphatic rings. The molecule has 0 spiro atoms. The van der Waals surface area contributed by atoms with Crippen molar-refractivity contribution in [3.63, 3.8) is 0 Å². The van der Waals surface area contributed by atoms with Crippen molar-refractivity contribution in [2.24, 2.45) is 5.10 Å². The fourth-order valence-corrected chi connectivity index (χ4v) is 3.28. The Kier molecular flexibility index (Phi) is 6.08. The van der Waals surface area contributed by atoms with Crippen LogP contribution in [0.3, 0.4) is 0 Å². The molecule has 0 bridgehead atoms. The van der Waals surface area contributed by atoms with Gasteiger partial charge < -0.3 is 5.32 Å². The van der Waals surface area contributed by atoms with Crippen LogP contribution in [0.1, 0.15) is 20.1 Å². The molecule has 0 fully saturated rings. The van der Waals surface area contributed by atoms with Gasteiger partial charge in [0.2, 0.25) is 0 Å². The fraction of sp³-hybridized carbons (Fsp3) is 0. The van der Waals surface area contributed by atoms with Crippen molar-refractivity contribution in [3.05, 3.63) is 86.4 Å². The van der Waals surface area contributed by atoms with Crippen LogP contribution in [0.15, 0.2) is 76.2 Å². The Morgan fingerprint density at radius 3 is 2.23 bits per heavy atom. The van der Waals surface area contributed by atoms with Crippen LogP contribution < -0.4 is 10.7 Å². The van der Waals surface area contributed by atoms with Crippen LogP contribution in [-0.2, 0) is 4.79 Å². The fourth-order valence-electron chi connectivity index (χ4n) is 2.04. The highest BCUT2D eigenvalue weighted by molar-refractivity contribution is 7.11. The zero-order chi connectivity index (χ0) is 18.2. The van der Waals surface area contributed by atoms with Gasteiger partial charge in [0.1, 0.15) is 5.70 Å². The molecular formula is C19H15N3O2S2. The third kappa shape index (κ3) is 4.98. The first-order chi connectivity index (χ1) is 12.7. The van der Waals surface area contributed by atoms with Gasteiger partial charge in [0.05, 0.1) is 6.21 Å². The van der Waals surface area contributed by atoms with E-state index in [9.17, 15) is 9.59 Å². The van der Waals surface area contributed by atoms with Crippen LogP contribution in [0.4, 0.5) is 0 Å². The average molecular weight is 381 g/mol. The molecule has 0 atom stereocenters. The lowest BCUT2D eigenvalue weighted by Gasteiger charge is -2.08. The number of carbonyl (C=O) groups excluding carboxylic acids is 2. The second kappa shape index (κ2) is 8.89. The van der Waals surface area contributed by atoms with E-state index in [-0.39, 0.29) is 11.6 Å². The zero-order valence-corrected chi connectivity index (χ0v) is 15.2. The Hall–Kier alpha value is -3.03. The van der Waals surface area contributed by atoms with Crippen molar-refractivity contribution < 1.29 is 9.59 Å². The van der Waals surface area contributed by atoms with Gasteiger partial charge in [-0.25, -0.2) is 5.43 Å². The molecule has 0 aliphatic carbocycles. The average Bonchev–Trinajstić information content (AvgIpc) is 3.36.